The number of aliphatic imine (C=N–C) groups is 2. The molecule has 0 saturated heterocycles. The van der Waals surface area contributed by atoms with Gasteiger partial charge in [-0.1, -0.05) is 60.7 Å². The summed E-state index contributed by atoms with van der Waals surface area (Å²) in [4.78, 5) is 9.02. The van der Waals surface area contributed by atoms with Crippen molar-refractivity contribution in [1.82, 2.24) is 0 Å². The van der Waals surface area contributed by atoms with Gasteiger partial charge in [0.25, 0.3) is 0 Å². The Morgan fingerprint density at radius 2 is 1.29 bits per heavy atom. The van der Waals surface area contributed by atoms with Gasteiger partial charge in [-0.15, -0.1) is 17.6 Å². The maximum absolute atomic E-state index is 4.56. The van der Waals surface area contributed by atoms with Gasteiger partial charge in [-0.3, -0.25) is 9.98 Å². The number of hydrogen-bond donors (Lipinski definition) is 0. The number of para-hydroxylation sites is 4. The summed E-state index contributed by atoms with van der Waals surface area (Å²) in [7, 11) is 0. The molecule has 0 radical (unpaired) electrons. The van der Waals surface area contributed by atoms with E-state index in [1.807, 2.05) is 78.9 Å². The van der Waals surface area contributed by atoms with Crippen molar-refractivity contribution in [2.24, 2.45) is 20.2 Å². The second-order valence-electron chi connectivity index (χ2n) is 6.20. The van der Waals surface area contributed by atoms with Gasteiger partial charge >= 0.3 is 16.5 Å². The fraction of sp³-hybridized carbons (Fsp3) is 0. The Kier molecular flexibility index (Phi) is 8.03. The van der Waals surface area contributed by atoms with Gasteiger partial charge in [-0.05, 0) is 24.3 Å². The van der Waals surface area contributed by atoms with Gasteiger partial charge in [0.2, 0.25) is 0 Å². The first-order chi connectivity index (χ1) is 14.9. The zero-order valence-electron chi connectivity index (χ0n) is 16.4. The van der Waals surface area contributed by atoms with E-state index in [2.05, 4.69) is 30.8 Å². The molecule has 6 nitrogen and oxygen atoms in total. The van der Waals surface area contributed by atoms with E-state index in [0.717, 1.165) is 28.4 Å². The van der Waals surface area contributed by atoms with E-state index in [0.29, 0.717) is 5.70 Å². The third kappa shape index (κ3) is 6.33. The summed E-state index contributed by atoms with van der Waals surface area (Å²) in [5, 5.41) is 17.6. The molecule has 3 aromatic carbocycles. The summed E-state index contributed by atoms with van der Waals surface area (Å²) in [6, 6.07) is 24.8. The molecule has 7 heteroatoms. The van der Waals surface area contributed by atoms with Crippen LogP contribution in [-0.4, -0.2) is 12.4 Å². The molecule has 4 rings (SSSR count). The third-order valence-corrected chi connectivity index (χ3v) is 4.07. The summed E-state index contributed by atoms with van der Waals surface area (Å²) in [5.74, 6) is 0. The molecule has 0 aromatic heterocycles. The predicted octanol–water partition coefficient (Wildman–Crippen LogP) is 7.95. The first-order valence-corrected chi connectivity index (χ1v) is 9.38. The molecule has 31 heavy (non-hydrogen) atoms. The first-order valence-electron chi connectivity index (χ1n) is 9.38. The first kappa shape index (κ1) is 21.9. The van der Waals surface area contributed by atoms with Gasteiger partial charge in [0.05, 0.1) is 17.6 Å². The molecule has 0 atom stereocenters. The maximum atomic E-state index is 4.56. The number of azo groups is 1. The molecule has 0 saturated carbocycles. The van der Waals surface area contributed by atoms with Gasteiger partial charge in [0.1, 0.15) is 0 Å². The van der Waals surface area contributed by atoms with E-state index in [1.54, 1.807) is 30.9 Å². The van der Waals surface area contributed by atoms with Crippen molar-refractivity contribution in [2.75, 3.05) is 0 Å². The smallest absolute Gasteiger partial charge is 0.662 e. The van der Waals surface area contributed by atoms with Crippen LogP contribution in [-0.2, 0) is 16.5 Å². The number of nitrogens with zero attached hydrogens (tertiary/aromatic N) is 6. The average molecular weight is 449 g/mol. The van der Waals surface area contributed by atoms with Crippen molar-refractivity contribution in [3.63, 3.8) is 0 Å². The normalized spacial score (nSPS) is 15.8. The molecule has 3 aromatic rings. The van der Waals surface area contributed by atoms with Crippen LogP contribution in [0.4, 0.5) is 28.4 Å². The fourth-order valence-electron chi connectivity index (χ4n) is 2.62. The van der Waals surface area contributed by atoms with Gasteiger partial charge in [0, 0.05) is 17.6 Å². The molecule has 0 spiro atoms. The Balaban J connectivity index is 0.00000272. The van der Waals surface area contributed by atoms with Crippen molar-refractivity contribution < 1.29 is 16.5 Å². The summed E-state index contributed by atoms with van der Waals surface area (Å²) < 4.78 is 0. The van der Waals surface area contributed by atoms with Crippen LogP contribution >= 0.6 is 0 Å². The standard InChI is InChI=1S/C24H18N6.Ni/c1-2-9-19(10-3-1)29-30-20-17-27-23-13-6-4-11-21(23)25-15-8-16-26-22-12-5-7-14-24(22)28-18-20;/h1-18H;/q-2;+2/b15-8-,20-18+,26-16?,27-17?,30-29?;. The van der Waals surface area contributed by atoms with Gasteiger partial charge in [-0.25, -0.2) is 0 Å². The summed E-state index contributed by atoms with van der Waals surface area (Å²) in [5.41, 5.74) is 4.17. The minimum Gasteiger partial charge on any atom is -0.662 e. The van der Waals surface area contributed by atoms with E-state index in [4.69, 9.17) is 0 Å². The monoisotopic (exact) mass is 448 g/mol. The van der Waals surface area contributed by atoms with Crippen LogP contribution in [0, 0.1) is 0 Å². The van der Waals surface area contributed by atoms with Gasteiger partial charge < -0.3 is 10.6 Å². The molecule has 1 aliphatic heterocycles. The van der Waals surface area contributed by atoms with Crippen molar-refractivity contribution in [3.8, 4) is 0 Å². The maximum Gasteiger partial charge on any atom is 2.00 e. The van der Waals surface area contributed by atoms with E-state index in [-0.39, 0.29) is 16.5 Å². The van der Waals surface area contributed by atoms with Gasteiger partial charge in [-0.2, -0.15) is 16.4 Å². The quantitative estimate of drug-likeness (QED) is 0.281. The molecule has 1 aliphatic rings. The zero-order valence-corrected chi connectivity index (χ0v) is 17.4. The summed E-state index contributed by atoms with van der Waals surface area (Å²) >= 11 is 0. The Morgan fingerprint density at radius 1 is 0.645 bits per heavy atom. The number of benzene rings is 3. The third-order valence-electron chi connectivity index (χ3n) is 4.07. The predicted molar refractivity (Wildman–Crippen MR) is 123 cm³/mol. The van der Waals surface area contributed by atoms with Crippen LogP contribution in [0.25, 0.3) is 10.6 Å². The van der Waals surface area contributed by atoms with Crippen LogP contribution in [0.5, 0.6) is 0 Å². The second kappa shape index (κ2) is 11.4. The molecule has 0 bridgehead atoms. The number of rotatable bonds is 2. The molecule has 0 aliphatic carbocycles. The topological polar surface area (TPSA) is 77.6 Å². The minimum atomic E-state index is 0. The van der Waals surface area contributed by atoms with Crippen LogP contribution < -0.4 is 0 Å². The van der Waals surface area contributed by atoms with Gasteiger partial charge in [0.15, 0.2) is 0 Å². The zero-order chi connectivity index (χ0) is 20.4. The van der Waals surface area contributed by atoms with Crippen LogP contribution in [0.3, 0.4) is 0 Å². The molecule has 1 heterocycles. The molecule has 0 unspecified atom stereocenters. The average Bonchev–Trinajstić information content (AvgIpc) is 2.80. The van der Waals surface area contributed by atoms with Crippen molar-refractivity contribution in [3.05, 3.63) is 114 Å². The Labute approximate surface area is 191 Å². The number of allylic oxidation sites excluding steroid dienone is 2. The number of hydrogen-bond acceptors (Lipinski definition) is 4. The van der Waals surface area contributed by atoms with E-state index < -0.39 is 0 Å². The van der Waals surface area contributed by atoms with E-state index in [1.165, 1.54) is 0 Å². The summed E-state index contributed by atoms with van der Waals surface area (Å²) in [6.07, 6.45) is 8.42. The Hall–Kier alpha value is -3.83. The van der Waals surface area contributed by atoms with Crippen LogP contribution in [0.2, 0.25) is 0 Å². The molecule has 154 valence electrons. The molecular weight excluding hydrogens is 431 g/mol. The molecular formula is C24H18N6Ni. The fourth-order valence-corrected chi connectivity index (χ4v) is 2.62. The largest absolute Gasteiger partial charge is 2.00 e. The number of fused-ring (bicyclic) bond motifs is 2. The Bertz CT molecular complexity index is 1150. The minimum absolute atomic E-state index is 0. The SMILES string of the molecule is C1=Nc2ccccc2[N-]/C=C\C=Nc2ccccc2[N-]/C=C\1N=Nc1ccccc1.[Ni+2]. The second-order valence-corrected chi connectivity index (χ2v) is 6.20. The van der Waals surface area contributed by atoms with Crippen LogP contribution in [0.1, 0.15) is 0 Å². The van der Waals surface area contributed by atoms with Crippen molar-refractivity contribution >= 4 is 40.9 Å². The molecule has 0 amide bonds. The molecule has 0 N–H and O–H groups in total. The molecule has 0 fully saturated rings. The van der Waals surface area contributed by atoms with Crippen molar-refractivity contribution in [1.29, 1.82) is 0 Å². The van der Waals surface area contributed by atoms with Crippen molar-refractivity contribution in [2.45, 2.75) is 0 Å². The van der Waals surface area contributed by atoms with E-state index >= 15 is 0 Å². The summed E-state index contributed by atoms with van der Waals surface area (Å²) in [6.45, 7) is 0. The Morgan fingerprint density at radius 3 is 2.06 bits per heavy atom. The van der Waals surface area contributed by atoms with E-state index in [9.17, 15) is 0 Å². The van der Waals surface area contributed by atoms with Crippen LogP contribution in [0.15, 0.2) is 123 Å².